The van der Waals surface area contributed by atoms with Crippen LogP contribution in [0.25, 0.3) is 0 Å². The highest BCUT2D eigenvalue weighted by Crippen LogP contribution is 2.06. The van der Waals surface area contributed by atoms with E-state index in [0.717, 1.165) is 0 Å². The van der Waals surface area contributed by atoms with Crippen molar-refractivity contribution in [1.82, 2.24) is 4.98 Å². The van der Waals surface area contributed by atoms with Crippen LogP contribution in [-0.2, 0) is 4.74 Å². The molecule has 12 heavy (non-hydrogen) atoms. The average Bonchev–Trinajstić information content (AvgIpc) is 2.36. The summed E-state index contributed by atoms with van der Waals surface area (Å²) >= 11 is 0. The molecule has 1 aromatic heterocycles. The minimum absolute atomic E-state index is 0.158. The van der Waals surface area contributed by atoms with Crippen molar-refractivity contribution in [3.05, 3.63) is 12.0 Å². The Kier molecular flexibility index (Phi) is 2.68. The van der Waals surface area contributed by atoms with E-state index < -0.39 is 6.09 Å². The third kappa shape index (κ3) is 2.26. The number of rotatable bonds is 2. The summed E-state index contributed by atoms with van der Waals surface area (Å²) in [5.74, 6) is 0.641. The molecule has 1 amide bonds. The van der Waals surface area contributed by atoms with Crippen LogP contribution in [0, 0.1) is 6.92 Å². The summed E-state index contributed by atoms with van der Waals surface area (Å²) in [7, 11) is 0. The maximum absolute atomic E-state index is 10.8. The fraction of sp³-hybridized carbons (Fsp3) is 0.429. The number of aryl methyl sites for hydroxylation is 1. The van der Waals surface area contributed by atoms with Gasteiger partial charge in [-0.05, 0) is 13.8 Å². The molecule has 0 unspecified atom stereocenters. The first-order valence-corrected chi connectivity index (χ1v) is 3.58. The predicted octanol–water partition coefficient (Wildman–Crippen LogP) is 1.55. The number of amides is 1. The number of oxazole rings is 1. The summed E-state index contributed by atoms with van der Waals surface area (Å²) in [4.78, 5) is 14.5. The molecule has 0 aliphatic heterocycles. The van der Waals surface area contributed by atoms with Gasteiger partial charge in [-0.3, -0.25) is 0 Å². The lowest BCUT2D eigenvalue weighted by Gasteiger charge is -1.99. The van der Waals surface area contributed by atoms with Gasteiger partial charge >= 0.3 is 12.1 Å². The molecule has 66 valence electrons. The topological polar surface area (TPSA) is 64.4 Å². The van der Waals surface area contributed by atoms with Gasteiger partial charge in [0.1, 0.15) is 5.76 Å². The molecule has 5 heteroatoms. The summed E-state index contributed by atoms with van der Waals surface area (Å²) in [5, 5.41) is 2.32. The van der Waals surface area contributed by atoms with Gasteiger partial charge in [-0.25, -0.2) is 15.1 Å². The third-order valence-corrected chi connectivity index (χ3v) is 1.11. The van der Waals surface area contributed by atoms with Crippen LogP contribution in [0.5, 0.6) is 0 Å². The largest absolute Gasteiger partial charge is 0.450 e. The van der Waals surface area contributed by atoms with E-state index in [2.05, 4.69) is 15.0 Å². The van der Waals surface area contributed by atoms with Crippen molar-refractivity contribution < 1.29 is 13.9 Å². The highest BCUT2D eigenvalue weighted by molar-refractivity contribution is 5.81. The highest BCUT2D eigenvalue weighted by atomic mass is 16.5. The van der Waals surface area contributed by atoms with Crippen LogP contribution in [0.3, 0.4) is 0 Å². The monoisotopic (exact) mass is 170 g/mol. The van der Waals surface area contributed by atoms with E-state index in [1.54, 1.807) is 13.8 Å². The van der Waals surface area contributed by atoms with Gasteiger partial charge in [-0.1, -0.05) is 0 Å². The maximum Gasteiger partial charge on any atom is 0.415 e. The zero-order chi connectivity index (χ0) is 8.97. The van der Waals surface area contributed by atoms with Gasteiger partial charge in [0.15, 0.2) is 0 Å². The van der Waals surface area contributed by atoms with Gasteiger partial charge in [0.25, 0.3) is 0 Å². The number of carbonyl (C=O) groups is 1. The Labute approximate surface area is 69.7 Å². The molecule has 0 aromatic carbocycles. The van der Waals surface area contributed by atoms with Crippen molar-refractivity contribution >= 4 is 12.1 Å². The lowest BCUT2D eigenvalue weighted by molar-refractivity contribution is 0.167. The molecule has 0 saturated carbocycles. The smallest absolute Gasteiger partial charge is 0.415 e. The second-order valence-electron chi connectivity index (χ2n) is 2.12. The van der Waals surface area contributed by atoms with E-state index in [-0.39, 0.29) is 6.01 Å². The second-order valence-corrected chi connectivity index (χ2v) is 2.12. The van der Waals surface area contributed by atoms with Crippen LogP contribution in [0.4, 0.5) is 10.8 Å². The number of hydrogen-bond donors (Lipinski definition) is 1. The Balaban J connectivity index is 2.46. The van der Waals surface area contributed by atoms with E-state index in [1.807, 2.05) is 0 Å². The van der Waals surface area contributed by atoms with E-state index in [0.29, 0.717) is 12.4 Å². The lowest BCUT2D eigenvalue weighted by Crippen LogP contribution is -2.13. The summed E-state index contributed by atoms with van der Waals surface area (Å²) in [6.45, 7) is 3.79. The van der Waals surface area contributed by atoms with Crippen LogP contribution in [0.2, 0.25) is 0 Å². The Morgan fingerprint density at radius 2 is 2.58 bits per heavy atom. The Morgan fingerprint density at radius 1 is 1.83 bits per heavy atom. The molecule has 0 aliphatic carbocycles. The van der Waals surface area contributed by atoms with Gasteiger partial charge in [0.2, 0.25) is 0 Å². The number of carbonyl (C=O) groups excluding carboxylic acids is 1. The summed E-state index contributed by atoms with van der Waals surface area (Å²) in [6, 6.07) is 0.158. The Morgan fingerprint density at radius 3 is 3.08 bits per heavy atom. The molecular formula is C7H10N2O3. The number of hydrogen-bond acceptors (Lipinski definition) is 4. The normalized spacial score (nSPS) is 9.50. The highest BCUT2D eigenvalue weighted by Gasteiger charge is 2.05. The van der Waals surface area contributed by atoms with Crippen molar-refractivity contribution in [2.45, 2.75) is 13.8 Å². The molecule has 0 atom stereocenters. The molecule has 1 aromatic rings. The van der Waals surface area contributed by atoms with Crippen LogP contribution in [0.1, 0.15) is 12.7 Å². The zero-order valence-electron chi connectivity index (χ0n) is 6.96. The fourth-order valence-electron chi connectivity index (χ4n) is 0.667. The van der Waals surface area contributed by atoms with Gasteiger partial charge < -0.3 is 9.15 Å². The molecular weight excluding hydrogens is 160 g/mol. The molecule has 5 nitrogen and oxygen atoms in total. The second kappa shape index (κ2) is 3.75. The van der Waals surface area contributed by atoms with Crippen LogP contribution in [-0.4, -0.2) is 17.7 Å². The average molecular weight is 170 g/mol. The molecule has 0 saturated heterocycles. The van der Waals surface area contributed by atoms with Gasteiger partial charge in [-0.15, -0.1) is 0 Å². The molecule has 0 aliphatic rings. The Bertz CT molecular complexity index is 269. The first kappa shape index (κ1) is 8.58. The lowest BCUT2D eigenvalue weighted by atomic mass is 10.6. The van der Waals surface area contributed by atoms with Crippen LogP contribution in [0.15, 0.2) is 10.6 Å². The first-order chi connectivity index (χ1) is 5.72. The minimum Gasteiger partial charge on any atom is -0.450 e. The molecule has 1 rings (SSSR count). The molecule has 1 heterocycles. The third-order valence-electron chi connectivity index (χ3n) is 1.11. The summed E-state index contributed by atoms with van der Waals surface area (Å²) < 4.78 is 9.58. The minimum atomic E-state index is -0.556. The molecule has 0 fully saturated rings. The Hall–Kier alpha value is -1.52. The number of ether oxygens (including phenoxy) is 1. The van der Waals surface area contributed by atoms with Crippen LogP contribution >= 0.6 is 0 Å². The van der Waals surface area contributed by atoms with E-state index in [1.165, 1.54) is 6.20 Å². The van der Waals surface area contributed by atoms with E-state index in [9.17, 15) is 4.79 Å². The van der Waals surface area contributed by atoms with Crippen LogP contribution < -0.4 is 5.32 Å². The maximum atomic E-state index is 10.8. The van der Waals surface area contributed by atoms with Gasteiger partial charge in [0.05, 0.1) is 12.8 Å². The number of nitrogens with zero attached hydrogens (tertiary/aromatic N) is 1. The standard InChI is InChI=1S/C7H10N2O3/c1-3-11-7(10)9-6-8-4-5(2)12-6/h4H,3H2,1-2H3,(H,8,9,10). The quantitative estimate of drug-likeness (QED) is 0.731. The number of nitrogens with one attached hydrogen (secondary N) is 1. The van der Waals surface area contributed by atoms with Crippen molar-refractivity contribution in [2.24, 2.45) is 0 Å². The first-order valence-electron chi connectivity index (χ1n) is 3.58. The van der Waals surface area contributed by atoms with Crippen molar-refractivity contribution in [3.63, 3.8) is 0 Å². The van der Waals surface area contributed by atoms with Crippen molar-refractivity contribution in [3.8, 4) is 0 Å². The van der Waals surface area contributed by atoms with E-state index in [4.69, 9.17) is 4.42 Å². The fourth-order valence-corrected chi connectivity index (χ4v) is 0.667. The molecule has 0 spiro atoms. The summed E-state index contributed by atoms with van der Waals surface area (Å²) in [5.41, 5.74) is 0. The van der Waals surface area contributed by atoms with Gasteiger partial charge in [0, 0.05) is 0 Å². The number of anilines is 1. The molecule has 0 bridgehead atoms. The summed E-state index contributed by atoms with van der Waals surface area (Å²) in [6.07, 6.45) is 0.959. The van der Waals surface area contributed by atoms with Gasteiger partial charge in [-0.2, -0.15) is 0 Å². The van der Waals surface area contributed by atoms with Crippen molar-refractivity contribution in [2.75, 3.05) is 11.9 Å². The predicted molar refractivity (Wildman–Crippen MR) is 41.9 cm³/mol. The molecule has 1 N–H and O–H groups in total. The SMILES string of the molecule is CCOC(=O)Nc1ncc(C)o1. The zero-order valence-corrected chi connectivity index (χ0v) is 6.96. The van der Waals surface area contributed by atoms with E-state index >= 15 is 0 Å². The number of aromatic nitrogens is 1. The molecule has 0 radical (unpaired) electrons. The van der Waals surface area contributed by atoms with Crippen molar-refractivity contribution in [1.29, 1.82) is 0 Å².